The second-order valence-electron chi connectivity index (χ2n) is 4.09. The minimum absolute atomic E-state index is 0.0114. The van der Waals surface area contributed by atoms with Gasteiger partial charge in [0.15, 0.2) is 5.16 Å². The molecule has 0 aliphatic carbocycles. The van der Waals surface area contributed by atoms with Crippen LogP contribution in [0, 0.1) is 5.82 Å². The molecule has 5 N–H and O–H groups in total. The van der Waals surface area contributed by atoms with Gasteiger partial charge in [0, 0.05) is 5.69 Å². The molecule has 2 aromatic rings. The average Bonchev–Trinajstić information content (AvgIpc) is 2.37. The van der Waals surface area contributed by atoms with Crippen molar-refractivity contribution in [2.75, 3.05) is 16.8 Å². The maximum atomic E-state index is 13.0. The van der Waals surface area contributed by atoms with Gasteiger partial charge in [-0.05, 0) is 25.1 Å². The van der Waals surface area contributed by atoms with Crippen LogP contribution in [0.5, 0.6) is 0 Å². The number of hydrogen-bond acceptors (Lipinski definition) is 7. The maximum Gasteiger partial charge on any atom is 0.237 e. The molecule has 0 fully saturated rings. The van der Waals surface area contributed by atoms with Gasteiger partial charge in [-0.1, -0.05) is 17.8 Å². The normalized spacial score (nSPS) is 11.9. The maximum absolute atomic E-state index is 13.0. The van der Waals surface area contributed by atoms with Crippen molar-refractivity contribution in [3.8, 4) is 0 Å². The zero-order valence-corrected chi connectivity index (χ0v) is 11.9. The van der Waals surface area contributed by atoms with E-state index < -0.39 is 11.1 Å². The highest BCUT2D eigenvalue weighted by Crippen LogP contribution is 2.21. The lowest BCUT2D eigenvalue weighted by Gasteiger charge is -2.11. The Morgan fingerprint density at radius 3 is 2.57 bits per heavy atom. The van der Waals surface area contributed by atoms with E-state index in [0.29, 0.717) is 5.69 Å². The lowest BCUT2D eigenvalue weighted by Crippen LogP contribution is -2.23. The molecule has 0 aliphatic rings. The fraction of sp³-hybridized carbons (Fsp3) is 0.167. The largest absolute Gasteiger partial charge is 0.368 e. The Balaban J connectivity index is 2.02. The number of anilines is 3. The van der Waals surface area contributed by atoms with E-state index in [1.54, 1.807) is 13.0 Å². The highest BCUT2D eigenvalue weighted by molar-refractivity contribution is 8.00. The smallest absolute Gasteiger partial charge is 0.237 e. The van der Waals surface area contributed by atoms with E-state index in [0.717, 1.165) is 11.8 Å². The Morgan fingerprint density at radius 2 is 1.95 bits per heavy atom. The molecule has 0 aliphatic heterocycles. The number of hydrogen-bond donors (Lipinski definition) is 3. The number of nitrogens with two attached hydrogens (primary N) is 2. The van der Waals surface area contributed by atoms with Crippen LogP contribution in [-0.2, 0) is 4.79 Å². The van der Waals surface area contributed by atoms with E-state index in [2.05, 4.69) is 20.3 Å². The van der Waals surface area contributed by atoms with Crippen LogP contribution in [0.1, 0.15) is 6.92 Å². The summed E-state index contributed by atoms with van der Waals surface area (Å²) in [4.78, 5) is 23.4. The third kappa shape index (κ3) is 4.28. The van der Waals surface area contributed by atoms with Crippen LogP contribution in [0.3, 0.4) is 0 Å². The van der Waals surface area contributed by atoms with Gasteiger partial charge in [-0.25, -0.2) is 4.39 Å². The molecule has 2 rings (SSSR count). The minimum atomic E-state index is -0.519. The molecule has 0 unspecified atom stereocenters. The van der Waals surface area contributed by atoms with Crippen LogP contribution >= 0.6 is 11.8 Å². The molecule has 0 saturated carbocycles. The SMILES string of the molecule is C[C@@H](Sc1nc(N)nc(N)n1)C(=O)Nc1cccc(F)c1. The van der Waals surface area contributed by atoms with Crippen molar-refractivity contribution >= 4 is 35.3 Å². The van der Waals surface area contributed by atoms with Gasteiger partial charge in [0.1, 0.15) is 5.82 Å². The van der Waals surface area contributed by atoms with E-state index in [1.807, 2.05) is 0 Å². The summed E-state index contributed by atoms with van der Waals surface area (Å²) in [5.74, 6) is -0.764. The molecule has 1 aromatic carbocycles. The van der Waals surface area contributed by atoms with Crippen LogP contribution in [0.4, 0.5) is 22.0 Å². The molecule has 0 spiro atoms. The van der Waals surface area contributed by atoms with Crippen molar-refractivity contribution in [2.45, 2.75) is 17.3 Å². The van der Waals surface area contributed by atoms with Gasteiger partial charge >= 0.3 is 0 Å². The number of nitrogen functional groups attached to an aromatic ring is 2. The monoisotopic (exact) mass is 308 g/mol. The second-order valence-corrected chi connectivity index (χ2v) is 5.40. The van der Waals surface area contributed by atoms with Gasteiger partial charge in [0.05, 0.1) is 5.25 Å². The molecule has 1 aromatic heterocycles. The molecule has 1 amide bonds. The average molecular weight is 308 g/mol. The Kier molecular flexibility index (Phi) is 4.53. The van der Waals surface area contributed by atoms with Crippen molar-refractivity contribution in [3.05, 3.63) is 30.1 Å². The van der Waals surface area contributed by atoms with Crippen LogP contribution in [0.2, 0.25) is 0 Å². The number of carbonyl (C=O) groups excluding carboxylic acids is 1. The first kappa shape index (κ1) is 15.0. The molecule has 21 heavy (non-hydrogen) atoms. The zero-order valence-electron chi connectivity index (χ0n) is 11.1. The first-order valence-corrected chi connectivity index (χ1v) is 6.82. The number of benzene rings is 1. The van der Waals surface area contributed by atoms with E-state index >= 15 is 0 Å². The number of aromatic nitrogens is 3. The molecule has 9 heteroatoms. The Hall–Kier alpha value is -2.42. The summed E-state index contributed by atoms with van der Waals surface area (Å²) in [5, 5.41) is 2.33. The summed E-state index contributed by atoms with van der Waals surface area (Å²) >= 11 is 1.08. The Bertz CT molecular complexity index is 648. The number of thioether (sulfide) groups is 1. The highest BCUT2D eigenvalue weighted by atomic mass is 32.2. The fourth-order valence-electron chi connectivity index (χ4n) is 1.46. The summed E-state index contributed by atoms with van der Waals surface area (Å²) in [5.41, 5.74) is 11.3. The lowest BCUT2D eigenvalue weighted by atomic mass is 10.3. The van der Waals surface area contributed by atoms with E-state index in [9.17, 15) is 9.18 Å². The van der Waals surface area contributed by atoms with Crippen LogP contribution in [0.25, 0.3) is 0 Å². The van der Waals surface area contributed by atoms with Crippen molar-refractivity contribution in [2.24, 2.45) is 0 Å². The molecule has 110 valence electrons. The third-order valence-corrected chi connectivity index (χ3v) is 3.35. The van der Waals surface area contributed by atoms with Gasteiger partial charge in [0.2, 0.25) is 17.8 Å². The standard InChI is InChI=1S/C12H13FN6OS/c1-6(21-12-18-10(14)17-11(15)19-12)9(20)16-8-4-2-3-7(13)5-8/h2-6H,1H3,(H,16,20)(H4,14,15,17,18,19)/t6-/m1/s1. The summed E-state index contributed by atoms with van der Waals surface area (Å²) in [7, 11) is 0. The van der Waals surface area contributed by atoms with Gasteiger partial charge in [-0.3, -0.25) is 4.79 Å². The third-order valence-electron chi connectivity index (χ3n) is 2.39. The predicted molar refractivity (Wildman–Crippen MR) is 79.0 cm³/mol. The molecule has 7 nitrogen and oxygen atoms in total. The molecule has 0 saturated heterocycles. The molecular formula is C12H13FN6OS. The van der Waals surface area contributed by atoms with Crippen molar-refractivity contribution in [1.29, 1.82) is 0 Å². The van der Waals surface area contributed by atoms with Gasteiger partial charge in [-0.2, -0.15) is 15.0 Å². The lowest BCUT2D eigenvalue weighted by molar-refractivity contribution is -0.115. The molecule has 0 radical (unpaired) electrons. The summed E-state index contributed by atoms with van der Waals surface area (Å²) < 4.78 is 13.0. The zero-order chi connectivity index (χ0) is 15.4. The van der Waals surface area contributed by atoms with Crippen LogP contribution < -0.4 is 16.8 Å². The number of nitrogens with one attached hydrogen (secondary N) is 1. The minimum Gasteiger partial charge on any atom is -0.368 e. The van der Waals surface area contributed by atoms with Crippen LogP contribution in [-0.4, -0.2) is 26.1 Å². The molecule has 1 heterocycles. The number of rotatable bonds is 4. The Labute approximate surface area is 124 Å². The first-order valence-electron chi connectivity index (χ1n) is 5.94. The molecule has 0 bridgehead atoms. The topological polar surface area (TPSA) is 120 Å². The summed E-state index contributed by atoms with van der Waals surface area (Å²) in [6.45, 7) is 1.66. The van der Waals surface area contributed by atoms with Crippen molar-refractivity contribution < 1.29 is 9.18 Å². The van der Waals surface area contributed by atoms with Gasteiger partial charge in [-0.15, -0.1) is 0 Å². The van der Waals surface area contributed by atoms with Crippen LogP contribution in [0.15, 0.2) is 29.4 Å². The first-order chi connectivity index (χ1) is 9.94. The highest BCUT2D eigenvalue weighted by Gasteiger charge is 2.17. The van der Waals surface area contributed by atoms with Gasteiger partial charge in [0.25, 0.3) is 0 Å². The number of amides is 1. The van der Waals surface area contributed by atoms with E-state index in [4.69, 9.17) is 11.5 Å². The number of halogens is 1. The Morgan fingerprint density at radius 1 is 1.29 bits per heavy atom. The van der Waals surface area contributed by atoms with E-state index in [-0.39, 0.29) is 23.0 Å². The van der Waals surface area contributed by atoms with Crippen molar-refractivity contribution in [1.82, 2.24) is 15.0 Å². The summed E-state index contributed by atoms with van der Waals surface area (Å²) in [6, 6.07) is 5.63. The second kappa shape index (κ2) is 6.35. The number of carbonyl (C=O) groups is 1. The molecule has 1 atom stereocenters. The van der Waals surface area contributed by atoms with E-state index in [1.165, 1.54) is 18.2 Å². The summed E-state index contributed by atoms with van der Waals surface area (Å²) in [6.07, 6.45) is 0. The predicted octanol–water partition coefficient (Wildman–Crippen LogP) is 1.29. The fourth-order valence-corrected chi connectivity index (χ4v) is 2.24. The van der Waals surface area contributed by atoms with Crippen molar-refractivity contribution in [3.63, 3.8) is 0 Å². The quantitative estimate of drug-likeness (QED) is 0.728. The number of nitrogens with zero attached hydrogens (tertiary/aromatic N) is 3. The molecular weight excluding hydrogens is 295 g/mol. The van der Waals surface area contributed by atoms with Gasteiger partial charge < -0.3 is 16.8 Å².